The maximum atomic E-state index is 12.9. The molecule has 8 nitrogen and oxygen atoms in total. The molecular weight excluding hydrogens is 466 g/mol. The topological polar surface area (TPSA) is 104 Å². The summed E-state index contributed by atoms with van der Waals surface area (Å²) < 4.78 is 55.5. The van der Waals surface area contributed by atoms with E-state index >= 15 is 0 Å². The van der Waals surface area contributed by atoms with Gasteiger partial charge in [-0.15, -0.1) is 8.78 Å². The number of carbonyl (C=O) groups excluding carboxylic acids is 1. The number of nitrogens with zero attached hydrogens (tertiary/aromatic N) is 2. The lowest BCUT2D eigenvalue weighted by Crippen LogP contribution is -2.28. The number of carbonyl (C=O) groups is 1. The van der Waals surface area contributed by atoms with Gasteiger partial charge in [0.05, 0.1) is 17.6 Å². The van der Waals surface area contributed by atoms with Crippen LogP contribution in [-0.4, -0.2) is 42.9 Å². The van der Waals surface area contributed by atoms with Crippen molar-refractivity contribution in [1.82, 2.24) is 10.2 Å². The molecule has 32 heavy (non-hydrogen) atoms. The number of nitrogens with one attached hydrogen (secondary N) is 2. The number of aromatic amines is 1. The van der Waals surface area contributed by atoms with E-state index in [-0.39, 0.29) is 12.3 Å². The fourth-order valence-corrected chi connectivity index (χ4v) is 4.59. The molecular formula is C20H17ClF2N4O4S. The number of amides is 1. The second-order valence-corrected chi connectivity index (χ2v) is 9.46. The largest absolute Gasteiger partial charge is 0.487 e. The molecule has 0 fully saturated rings. The lowest BCUT2D eigenvalue weighted by Gasteiger charge is -2.20. The van der Waals surface area contributed by atoms with E-state index < -0.39 is 21.5 Å². The van der Waals surface area contributed by atoms with Gasteiger partial charge >= 0.3 is 5.57 Å². The number of hydrogen-bond donors (Lipinski definition) is 2. The molecule has 12 heteroatoms. The number of alkyl halides is 3. The molecule has 0 saturated heterocycles. The molecule has 168 valence electrons. The highest BCUT2D eigenvalue weighted by Gasteiger charge is 2.31. The third-order valence-corrected chi connectivity index (χ3v) is 6.06. The number of sulfonamides is 1. The van der Waals surface area contributed by atoms with Crippen LogP contribution in [0.4, 0.5) is 20.2 Å². The van der Waals surface area contributed by atoms with Crippen molar-refractivity contribution in [3.8, 4) is 17.0 Å². The summed E-state index contributed by atoms with van der Waals surface area (Å²) in [6.07, 6.45) is 3.11. The van der Waals surface area contributed by atoms with Crippen LogP contribution in [0, 0.1) is 0 Å². The van der Waals surface area contributed by atoms with Crippen LogP contribution < -0.4 is 14.4 Å². The van der Waals surface area contributed by atoms with Gasteiger partial charge < -0.3 is 10.1 Å². The Hall–Kier alpha value is -3.18. The monoisotopic (exact) mass is 482 g/mol. The third-order valence-electron chi connectivity index (χ3n) is 4.82. The predicted octanol–water partition coefficient (Wildman–Crippen LogP) is 3.82. The number of anilines is 2. The smallest absolute Gasteiger partial charge is 0.420 e. The summed E-state index contributed by atoms with van der Waals surface area (Å²) >= 11 is 4.74. The van der Waals surface area contributed by atoms with Gasteiger partial charge in [0.1, 0.15) is 5.75 Å². The van der Waals surface area contributed by atoms with Gasteiger partial charge in [-0.1, -0.05) is 0 Å². The first-order valence-electron chi connectivity index (χ1n) is 9.33. The Balaban J connectivity index is 1.65. The number of H-pyrrole nitrogens is 1. The number of ether oxygens (including phenoxy) is 1. The molecule has 1 amide bonds. The summed E-state index contributed by atoms with van der Waals surface area (Å²) in [5.74, 6) is -0.620. The van der Waals surface area contributed by atoms with Crippen molar-refractivity contribution in [2.45, 2.75) is 12.0 Å². The van der Waals surface area contributed by atoms with Crippen LogP contribution in [0.25, 0.3) is 11.3 Å². The molecule has 0 bridgehead atoms. The minimum Gasteiger partial charge on any atom is -0.420 e. The Morgan fingerprint density at radius 2 is 1.97 bits per heavy atom. The summed E-state index contributed by atoms with van der Waals surface area (Å²) in [4.78, 5) is 12.9. The van der Waals surface area contributed by atoms with Crippen molar-refractivity contribution in [2.24, 2.45) is 0 Å². The Morgan fingerprint density at radius 1 is 1.25 bits per heavy atom. The van der Waals surface area contributed by atoms with Crippen LogP contribution in [0.5, 0.6) is 5.75 Å². The highest BCUT2D eigenvalue weighted by molar-refractivity contribution is 7.92. The second-order valence-electron chi connectivity index (χ2n) is 7.11. The minimum atomic E-state index is -3.84. The Morgan fingerprint density at radius 3 is 2.56 bits per heavy atom. The van der Waals surface area contributed by atoms with Gasteiger partial charge in [0, 0.05) is 41.2 Å². The fraction of sp³-hybridized carbons (Fsp3) is 0.200. The molecule has 2 aromatic carbocycles. The molecule has 3 aromatic rings. The summed E-state index contributed by atoms with van der Waals surface area (Å²) in [7, 11) is -3.50. The first-order valence-corrected chi connectivity index (χ1v) is 11.6. The number of fused-ring (bicyclic) bond motifs is 1. The van der Waals surface area contributed by atoms with Gasteiger partial charge in [-0.2, -0.15) is 5.10 Å². The van der Waals surface area contributed by atoms with Crippen molar-refractivity contribution < 1.29 is 26.7 Å². The van der Waals surface area contributed by atoms with Gasteiger partial charge in [-0.3, -0.25) is 14.2 Å². The van der Waals surface area contributed by atoms with Gasteiger partial charge in [-0.05, 0) is 54.4 Å². The van der Waals surface area contributed by atoms with Gasteiger partial charge in [0.25, 0.3) is 5.91 Å². The molecule has 4 rings (SSSR count). The molecule has 2 N–H and O–H groups in total. The van der Waals surface area contributed by atoms with E-state index in [9.17, 15) is 22.0 Å². The third kappa shape index (κ3) is 4.68. The molecule has 2 heterocycles. The molecule has 0 atom stereocenters. The van der Waals surface area contributed by atoms with E-state index in [2.05, 4.69) is 20.3 Å². The van der Waals surface area contributed by atoms with E-state index in [1.807, 2.05) is 0 Å². The van der Waals surface area contributed by atoms with Gasteiger partial charge in [0.15, 0.2) is 0 Å². The predicted molar refractivity (Wildman–Crippen MR) is 116 cm³/mol. The Labute approximate surface area is 187 Å². The zero-order chi connectivity index (χ0) is 23.1. The van der Waals surface area contributed by atoms with Crippen molar-refractivity contribution in [1.29, 1.82) is 0 Å². The minimum absolute atomic E-state index is 0.164. The van der Waals surface area contributed by atoms with E-state index in [1.54, 1.807) is 18.2 Å². The number of halogens is 3. The van der Waals surface area contributed by atoms with Gasteiger partial charge in [0.2, 0.25) is 10.0 Å². The molecule has 0 radical (unpaired) electrons. The molecule has 1 aliphatic heterocycles. The van der Waals surface area contributed by atoms with Crippen molar-refractivity contribution >= 4 is 38.9 Å². The Bertz CT molecular complexity index is 1260. The van der Waals surface area contributed by atoms with Crippen LogP contribution in [-0.2, 0) is 16.4 Å². The van der Waals surface area contributed by atoms with E-state index in [0.29, 0.717) is 40.2 Å². The molecule has 0 unspecified atom stereocenters. The van der Waals surface area contributed by atoms with Gasteiger partial charge in [-0.25, -0.2) is 8.42 Å². The van der Waals surface area contributed by atoms with Crippen LogP contribution in [0.2, 0.25) is 0 Å². The molecule has 1 aromatic heterocycles. The van der Waals surface area contributed by atoms with E-state index in [0.717, 1.165) is 6.26 Å². The van der Waals surface area contributed by atoms with Crippen molar-refractivity contribution in [3.63, 3.8) is 0 Å². The molecule has 1 aliphatic rings. The first kappa shape index (κ1) is 22.0. The molecule has 0 aliphatic carbocycles. The Kier molecular flexibility index (Phi) is 5.55. The zero-order valence-electron chi connectivity index (χ0n) is 16.6. The summed E-state index contributed by atoms with van der Waals surface area (Å²) in [6, 6.07) is 10.2. The molecule has 0 spiro atoms. The van der Waals surface area contributed by atoms with E-state index in [4.69, 9.17) is 11.6 Å². The highest BCUT2D eigenvalue weighted by Crippen LogP contribution is 2.40. The maximum absolute atomic E-state index is 12.9. The summed E-state index contributed by atoms with van der Waals surface area (Å²) in [5, 5.41) is 9.41. The quantitative estimate of drug-likeness (QED) is 0.520. The van der Waals surface area contributed by atoms with Crippen LogP contribution in [0.1, 0.15) is 15.9 Å². The van der Waals surface area contributed by atoms with Crippen LogP contribution in [0.3, 0.4) is 0 Å². The lowest BCUT2D eigenvalue weighted by atomic mass is 10.00. The first-order chi connectivity index (χ1) is 15.0. The van der Waals surface area contributed by atoms with Crippen molar-refractivity contribution in [3.05, 3.63) is 59.8 Å². The highest BCUT2D eigenvalue weighted by atomic mass is 35.5. The number of rotatable bonds is 6. The standard InChI is InChI=1S/C20H17ClF2N4O4S/c1-32(29,30)27-9-7-12-10-13(11-16(18(12)27)17-6-8-24-26-17)19(28)25-14-2-4-15(5-3-14)31-20(21,22)23/h2-6,8,10-11H,7,9H2,1H3,(H,24,26)(H,25,28). The van der Waals surface area contributed by atoms with E-state index in [1.165, 1.54) is 34.8 Å². The van der Waals surface area contributed by atoms with Crippen LogP contribution in [0.15, 0.2) is 48.7 Å². The lowest BCUT2D eigenvalue weighted by molar-refractivity contribution is -0.0964. The number of hydrogen-bond acceptors (Lipinski definition) is 5. The summed E-state index contributed by atoms with van der Waals surface area (Å²) in [6.45, 7) is 0.271. The normalized spacial score (nSPS) is 13.7. The maximum Gasteiger partial charge on any atom is 0.487 e. The second kappa shape index (κ2) is 8.06. The average Bonchev–Trinajstić information content (AvgIpc) is 3.37. The number of benzene rings is 2. The fourth-order valence-electron chi connectivity index (χ4n) is 3.53. The summed E-state index contributed by atoms with van der Waals surface area (Å²) in [5.41, 5.74) is -0.871. The van der Waals surface area contributed by atoms with Crippen molar-refractivity contribution in [2.75, 3.05) is 22.4 Å². The SMILES string of the molecule is CS(=O)(=O)N1CCc2cc(C(=O)Nc3ccc(OC(F)(F)Cl)cc3)cc(-c3ccn[nH]3)c21. The zero-order valence-corrected chi connectivity index (χ0v) is 18.2. The molecule has 0 saturated carbocycles. The number of aromatic nitrogens is 2. The van der Waals surface area contributed by atoms with Crippen LogP contribution >= 0.6 is 11.6 Å². The average molecular weight is 483 g/mol.